The standard InChI is InChI=1S/C19H23N5O4/c1-2-12(11-6-4-3-5-7-11)23-17-14-18(21-9-20-17)24(10-22-14)19-16(27)15(26)13(8-25)28-19/h3-7,9-10,12-13,15-16,19,25-27H,2,8H2,1H3,(H,20,21,23)/t12-,13+,15?,16?,19+/m0/s1. The number of imidazole rings is 1. The number of rotatable bonds is 6. The molecular formula is C19H23N5O4. The van der Waals surface area contributed by atoms with Gasteiger partial charge in [-0.15, -0.1) is 0 Å². The number of hydrogen-bond acceptors (Lipinski definition) is 8. The Balaban J connectivity index is 1.66. The fourth-order valence-electron chi connectivity index (χ4n) is 3.53. The molecule has 1 aliphatic heterocycles. The number of aliphatic hydroxyl groups excluding tert-OH is 3. The van der Waals surface area contributed by atoms with E-state index < -0.39 is 31.1 Å². The summed E-state index contributed by atoms with van der Waals surface area (Å²) in [6.07, 6.45) is -0.375. The van der Waals surface area contributed by atoms with Crippen molar-refractivity contribution >= 4 is 17.0 Å². The van der Waals surface area contributed by atoms with Crippen molar-refractivity contribution in [3.8, 4) is 0 Å². The average molecular weight is 385 g/mol. The molecule has 3 heterocycles. The summed E-state index contributed by atoms with van der Waals surface area (Å²) in [4.78, 5) is 13.0. The van der Waals surface area contributed by atoms with E-state index in [0.717, 1.165) is 12.0 Å². The number of aromatic nitrogens is 4. The van der Waals surface area contributed by atoms with E-state index in [-0.39, 0.29) is 6.04 Å². The Labute approximate surface area is 161 Å². The number of ether oxygens (including phenoxy) is 1. The summed E-state index contributed by atoms with van der Waals surface area (Å²) in [5.41, 5.74) is 2.14. The first-order chi connectivity index (χ1) is 13.6. The zero-order valence-corrected chi connectivity index (χ0v) is 15.4. The molecule has 0 aliphatic carbocycles. The maximum Gasteiger partial charge on any atom is 0.167 e. The summed E-state index contributed by atoms with van der Waals surface area (Å²) in [6.45, 7) is 1.69. The van der Waals surface area contributed by atoms with Crippen LogP contribution in [-0.2, 0) is 4.74 Å². The number of hydrogen-bond donors (Lipinski definition) is 4. The van der Waals surface area contributed by atoms with Crippen molar-refractivity contribution < 1.29 is 20.1 Å². The van der Waals surface area contributed by atoms with Crippen LogP contribution in [0.1, 0.15) is 31.2 Å². The zero-order chi connectivity index (χ0) is 19.7. The zero-order valence-electron chi connectivity index (χ0n) is 15.4. The second kappa shape index (κ2) is 7.80. The number of aliphatic hydroxyl groups is 3. The summed E-state index contributed by atoms with van der Waals surface area (Å²) in [5, 5.41) is 33.0. The molecule has 4 N–H and O–H groups in total. The van der Waals surface area contributed by atoms with Gasteiger partial charge in [0, 0.05) is 0 Å². The lowest BCUT2D eigenvalue weighted by Gasteiger charge is -2.19. The van der Waals surface area contributed by atoms with Crippen molar-refractivity contribution in [3.63, 3.8) is 0 Å². The van der Waals surface area contributed by atoms with Crippen LogP contribution < -0.4 is 5.32 Å². The molecule has 5 atom stereocenters. The Hall–Kier alpha value is -2.59. The summed E-state index contributed by atoms with van der Waals surface area (Å²) in [6, 6.07) is 10.1. The van der Waals surface area contributed by atoms with Gasteiger partial charge in [-0.2, -0.15) is 0 Å². The molecule has 2 aromatic heterocycles. The summed E-state index contributed by atoms with van der Waals surface area (Å²) in [5.74, 6) is 0.575. The van der Waals surface area contributed by atoms with Gasteiger partial charge in [0.2, 0.25) is 0 Å². The fraction of sp³-hybridized carbons (Fsp3) is 0.421. The van der Waals surface area contributed by atoms with Crippen molar-refractivity contribution in [2.24, 2.45) is 0 Å². The molecule has 0 bridgehead atoms. The Kier molecular flexibility index (Phi) is 5.23. The van der Waals surface area contributed by atoms with Crippen molar-refractivity contribution in [1.29, 1.82) is 0 Å². The molecule has 1 saturated heterocycles. The predicted molar refractivity (Wildman–Crippen MR) is 101 cm³/mol. The molecule has 1 fully saturated rings. The lowest BCUT2D eigenvalue weighted by Crippen LogP contribution is -2.33. The quantitative estimate of drug-likeness (QED) is 0.495. The van der Waals surface area contributed by atoms with Crippen LogP contribution in [0.5, 0.6) is 0 Å². The molecule has 1 aliphatic rings. The van der Waals surface area contributed by atoms with E-state index in [0.29, 0.717) is 17.0 Å². The van der Waals surface area contributed by atoms with Gasteiger partial charge in [0.1, 0.15) is 24.6 Å². The molecule has 9 nitrogen and oxygen atoms in total. The van der Waals surface area contributed by atoms with Gasteiger partial charge in [-0.3, -0.25) is 4.57 Å². The van der Waals surface area contributed by atoms with Crippen molar-refractivity contribution in [3.05, 3.63) is 48.5 Å². The van der Waals surface area contributed by atoms with Crippen molar-refractivity contribution in [2.75, 3.05) is 11.9 Å². The molecular weight excluding hydrogens is 362 g/mol. The molecule has 0 radical (unpaired) electrons. The highest BCUT2D eigenvalue weighted by Gasteiger charge is 2.44. The van der Waals surface area contributed by atoms with E-state index in [2.05, 4.69) is 39.3 Å². The van der Waals surface area contributed by atoms with Crippen LogP contribution in [0.4, 0.5) is 5.82 Å². The van der Waals surface area contributed by atoms with Crippen LogP contribution in [0.3, 0.4) is 0 Å². The minimum absolute atomic E-state index is 0.0540. The number of anilines is 1. The van der Waals surface area contributed by atoms with Gasteiger partial charge in [-0.05, 0) is 12.0 Å². The van der Waals surface area contributed by atoms with E-state index in [1.165, 1.54) is 12.7 Å². The molecule has 0 saturated carbocycles. The monoisotopic (exact) mass is 385 g/mol. The first-order valence-electron chi connectivity index (χ1n) is 9.25. The largest absolute Gasteiger partial charge is 0.394 e. The number of nitrogens with zero attached hydrogens (tertiary/aromatic N) is 4. The third-order valence-electron chi connectivity index (χ3n) is 5.07. The smallest absolute Gasteiger partial charge is 0.167 e. The fourth-order valence-corrected chi connectivity index (χ4v) is 3.53. The van der Waals surface area contributed by atoms with Gasteiger partial charge in [0.25, 0.3) is 0 Å². The second-order valence-corrected chi connectivity index (χ2v) is 6.79. The first-order valence-corrected chi connectivity index (χ1v) is 9.25. The molecule has 28 heavy (non-hydrogen) atoms. The molecule has 0 amide bonds. The molecule has 0 spiro atoms. The first kappa shape index (κ1) is 18.8. The number of fused-ring (bicyclic) bond motifs is 1. The van der Waals surface area contributed by atoms with Crippen LogP contribution in [0, 0.1) is 0 Å². The highest BCUT2D eigenvalue weighted by atomic mass is 16.6. The minimum atomic E-state index is -1.20. The third-order valence-corrected chi connectivity index (χ3v) is 5.07. The van der Waals surface area contributed by atoms with Crippen LogP contribution >= 0.6 is 0 Å². The summed E-state index contributed by atoms with van der Waals surface area (Å²) in [7, 11) is 0. The average Bonchev–Trinajstić information content (AvgIpc) is 3.28. The SMILES string of the molecule is CC[C@H](Nc1ncnc2c1ncn2[C@@H]1O[C@H](CO)C(O)C1O)c1ccccc1. The van der Waals surface area contributed by atoms with Gasteiger partial charge in [-0.25, -0.2) is 15.0 Å². The maximum absolute atomic E-state index is 10.3. The van der Waals surface area contributed by atoms with Gasteiger partial charge >= 0.3 is 0 Å². The van der Waals surface area contributed by atoms with Crippen LogP contribution in [0.2, 0.25) is 0 Å². The van der Waals surface area contributed by atoms with Crippen LogP contribution in [0.25, 0.3) is 11.2 Å². The van der Waals surface area contributed by atoms with Gasteiger partial charge < -0.3 is 25.4 Å². The maximum atomic E-state index is 10.3. The Morgan fingerprint density at radius 1 is 1.14 bits per heavy atom. The Morgan fingerprint density at radius 2 is 1.93 bits per heavy atom. The van der Waals surface area contributed by atoms with E-state index in [1.54, 1.807) is 4.57 Å². The lowest BCUT2D eigenvalue weighted by atomic mass is 10.0. The Morgan fingerprint density at radius 3 is 2.61 bits per heavy atom. The third kappa shape index (κ3) is 3.22. The molecule has 9 heteroatoms. The molecule has 3 aromatic rings. The van der Waals surface area contributed by atoms with Crippen molar-refractivity contribution in [2.45, 2.75) is 43.9 Å². The van der Waals surface area contributed by atoms with E-state index >= 15 is 0 Å². The van der Waals surface area contributed by atoms with Gasteiger partial charge in [-0.1, -0.05) is 37.3 Å². The second-order valence-electron chi connectivity index (χ2n) is 6.79. The van der Waals surface area contributed by atoms with E-state index in [1.807, 2.05) is 18.2 Å². The highest BCUT2D eigenvalue weighted by molar-refractivity contribution is 5.83. The van der Waals surface area contributed by atoms with E-state index in [4.69, 9.17) is 4.74 Å². The van der Waals surface area contributed by atoms with Gasteiger partial charge in [0.05, 0.1) is 19.0 Å². The lowest BCUT2D eigenvalue weighted by molar-refractivity contribution is -0.0511. The molecule has 4 rings (SSSR count). The normalized spacial score (nSPS) is 25.9. The summed E-state index contributed by atoms with van der Waals surface area (Å²) >= 11 is 0. The van der Waals surface area contributed by atoms with Gasteiger partial charge in [0.15, 0.2) is 23.2 Å². The van der Waals surface area contributed by atoms with Crippen LogP contribution in [-0.4, -0.2) is 59.8 Å². The molecule has 2 unspecified atom stereocenters. The topological polar surface area (TPSA) is 126 Å². The number of benzene rings is 1. The summed E-state index contributed by atoms with van der Waals surface area (Å²) < 4.78 is 7.14. The van der Waals surface area contributed by atoms with E-state index in [9.17, 15) is 15.3 Å². The molecule has 1 aromatic carbocycles. The minimum Gasteiger partial charge on any atom is -0.394 e. The number of nitrogens with one attached hydrogen (secondary N) is 1. The Bertz CT molecular complexity index is 934. The molecule has 148 valence electrons. The van der Waals surface area contributed by atoms with Crippen LogP contribution in [0.15, 0.2) is 43.0 Å². The predicted octanol–water partition coefficient (Wildman–Crippen LogP) is 1.00. The highest BCUT2D eigenvalue weighted by Crippen LogP contribution is 2.32. The van der Waals surface area contributed by atoms with Crippen molar-refractivity contribution in [1.82, 2.24) is 19.5 Å².